The lowest BCUT2D eigenvalue weighted by Crippen LogP contribution is -2.05. The molecule has 19 heavy (non-hydrogen) atoms. The van der Waals surface area contributed by atoms with Crippen molar-refractivity contribution in [1.82, 2.24) is 9.78 Å². The number of aryl methyl sites for hydroxylation is 3. The van der Waals surface area contributed by atoms with Gasteiger partial charge in [-0.05, 0) is 36.6 Å². The molecule has 3 nitrogen and oxygen atoms in total. The van der Waals surface area contributed by atoms with Gasteiger partial charge in [0, 0.05) is 18.6 Å². The van der Waals surface area contributed by atoms with Gasteiger partial charge in [-0.15, -0.1) is 11.6 Å². The average Bonchev–Trinajstić information content (AvgIpc) is 2.79. The van der Waals surface area contributed by atoms with Crippen molar-refractivity contribution < 1.29 is 0 Å². The largest absolute Gasteiger partial charge is 0.379 e. The van der Waals surface area contributed by atoms with Crippen molar-refractivity contribution in [3.05, 3.63) is 47.3 Å². The van der Waals surface area contributed by atoms with Crippen molar-refractivity contribution in [2.24, 2.45) is 7.05 Å². The third kappa shape index (κ3) is 3.74. The Kier molecular flexibility index (Phi) is 4.86. The maximum atomic E-state index is 5.73. The van der Waals surface area contributed by atoms with Crippen LogP contribution in [0.15, 0.2) is 30.3 Å². The smallest absolute Gasteiger partial charge is 0.0625 e. The predicted octanol–water partition coefficient (Wildman–Crippen LogP) is 3.38. The van der Waals surface area contributed by atoms with E-state index in [1.54, 1.807) is 0 Å². The Balaban J connectivity index is 1.95. The van der Waals surface area contributed by atoms with Crippen LogP contribution in [0.1, 0.15) is 23.9 Å². The number of anilines is 1. The highest BCUT2D eigenvalue weighted by atomic mass is 35.5. The fourth-order valence-corrected chi connectivity index (χ4v) is 2.22. The molecule has 0 radical (unpaired) electrons. The molecule has 1 heterocycles. The molecule has 102 valence electrons. The Bertz CT molecular complexity index is 517. The molecular formula is C15H20ClN3. The molecule has 4 heteroatoms. The van der Waals surface area contributed by atoms with Crippen molar-refractivity contribution >= 4 is 17.3 Å². The monoisotopic (exact) mass is 277 g/mol. The van der Waals surface area contributed by atoms with Crippen LogP contribution in [0.3, 0.4) is 0 Å². The van der Waals surface area contributed by atoms with Crippen molar-refractivity contribution in [1.29, 1.82) is 0 Å². The van der Waals surface area contributed by atoms with Gasteiger partial charge < -0.3 is 5.32 Å². The van der Waals surface area contributed by atoms with Gasteiger partial charge in [0.2, 0.25) is 0 Å². The quantitative estimate of drug-likeness (QED) is 0.821. The SMILES string of the molecule is CCc1cc(CNc2ccc(CCCl)cc2)n(C)n1. The number of hydrogen-bond donors (Lipinski definition) is 1. The molecular weight excluding hydrogens is 258 g/mol. The van der Waals surface area contributed by atoms with E-state index in [-0.39, 0.29) is 0 Å². The third-order valence-corrected chi connectivity index (χ3v) is 3.39. The molecule has 0 fully saturated rings. The topological polar surface area (TPSA) is 29.9 Å². The highest BCUT2D eigenvalue weighted by Gasteiger charge is 2.03. The number of alkyl halides is 1. The van der Waals surface area contributed by atoms with Crippen molar-refractivity contribution in [3.63, 3.8) is 0 Å². The summed E-state index contributed by atoms with van der Waals surface area (Å²) in [5.41, 5.74) is 4.73. The van der Waals surface area contributed by atoms with Crippen molar-refractivity contribution in [2.45, 2.75) is 26.3 Å². The number of nitrogens with one attached hydrogen (secondary N) is 1. The second kappa shape index (κ2) is 6.62. The number of benzene rings is 1. The van der Waals surface area contributed by atoms with Gasteiger partial charge in [-0.25, -0.2) is 0 Å². The molecule has 1 aromatic carbocycles. The Hall–Kier alpha value is -1.48. The maximum Gasteiger partial charge on any atom is 0.0625 e. The Morgan fingerprint density at radius 2 is 2.00 bits per heavy atom. The zero-order valence-electron chi connectivity index (χ0n) is 11.5. The van der Waals surface area contributed by atoms with Gasteiger partial charge in [-0.1, -0.05) is 19.1 Å². The van der Waals surface area contributed by atoms with Crippen LogP contribution in [-0.2, 0) is 26.4 Å². The van der Waals surface area contributed by atoms with Gasteiger partial charge >= 0.3 is 0 Å². The summed E-state index contributed by atoms with van der Waals surface area (Å²) in [6, 6.07) is 10.6. The van der Waals surface area contributed by atoms with Crippen molar-refractivity contribution in [3.8, 4) is 0 Å². The minimum Gasteiger partial charge on any atom is -0.379 e. The summed E-state index contributed by atoms with van der Waals surface area (Å²) in [4.78, 5) is 0. The third-order valence-electron chi connectivity index (χ3n) is 3.20. The fraction of sp³-hybridized carbons (Fsp3) is 0.400. The molecule has 0 spiro atoms. The van der Waals surface area contributed by atoms with E-state index in [1.807, 2.05) is 11.7 Å². The van der Waals surface area contributed by atoms with E-state index in [0.29, 0.717) is 5.88 Å². The molecule has 0 aliphatic rings. The molecule has 0 aliphatic carbocycles. The Labute approximate surface area is 119 Å². The highest BCUT2D eigenvalue weighted by Crippen LogP contribution is 2.12. The summed E-state index contributed by atoms with van der Waals surface area (Å²) in [7, 11) is 1.99. The van der Waals surface area contributed by atoms with Crippen LogP contribution >= 0.6 is 11.6 Å². The summed E-state index contributed by atoms with van der Waals surface area (Å²) in [6.07, 6.45) is 1.89. The van der Waals surface area contributed by atoms with E-state index < -0.39 is 0 Å². The first-order valence-electron chi connectivity index (χ1n) is 6.63. The zero-order chi connectivity index (χ0) is 13.7. The minimum absolute atomic E-state index is 0.668. The van der Waals surface area contributed by atoms with E-state index >= 15 is 0 Å². The van der Waals surface area contributed by atoms with Crippen LogP contribution in [-0.4, -0.2) is 15.7 Å². The molecule has 1 aromatic heterocycles. The fourth-order valence-electron chi connectivity index (χ4n) is 2.00. The summed E-state index contributed by atoms with van der Waals surface area (Å²) in [5, 5.41) is 7.86. The van der Waals surface area contributed by atoms with E-state index in [9.17, 15) is 0 Å². The predicted molar refractivity (Wildman–Crippen MR) is 80.8 cm³/mol. The highest BCUT2D eigenvalue weighted by molar-refractivity contribution is 6.17. The van der Waals surface area contributed by atoms with Gasteiger partial charge in [-0.3, -0.25) is 4.68 Å². The summed E-state index contributed by atoms with van der Waals surface area (Å²) >= 11 is 5.73. The molecule has 0 amide bonds. The number of nitrogens with zero attached hydrogens (tertiary/aromatic N) is 2. The van der Waals surface area contributed by atoms with Crippen LogP contribution in [0, 0.1) is 0 Å². The number of halogens is 1. The first kappa shape index (κ1) is 13.9. The molecule has 0 unspecified atom stereocenters. The van der Waals surface area contributed by atoms with Crippen LogP contribution < -0.4 is 5.32 Å². The molecule has 0 atom stereocenters. The van der Waals surface area contributed by atoms with E-state index in [1.165, 1.54) is 11.3 Å². The normalized spacial score (nSPS) is 10.7. The molecule has 1 N–H and O–H groups in total. The average molecular weight is 278 g/mol. The van der Waals surface area contributed by atoms with Gasteiger partial charge in [0.15, 0.2) is 0 Å². The summed E-state index contributed by atoms with van der Waals surface area (Å²) in [6.45, 7) is 2.91. The van der Waals surface area contributed by atoms with E-state index in [0.717, 1.165) is 30.8 Å². The van der Waals surface area contributed by atoms with Crippen LogP contribution in [0.25, 0.3) is 0 Å². The zero-order valence-corrected chi connectivity index (χ0v) is 12.2. The minimum atomic E-state index is 0.668. The van der Waals surface area contributed by atoms with Crippen molar-refractivity contribution in [2.75, 3.05) is 11.2 Å². The molecule has 0 saturated heterocycles. The molecule has 0 aliphatic heterocycles. The lowest BCUT2D eigenvalue weighted by Gasteiger charge is -2.07. The second-order valence-electron chi connectivity index (χ2n) is 4.59. The van der Waals surface area contributed by atoms with Gasteiger partial charge in [0.25, 0.3) is 0 Å². The lowest BCUT2D eigenvalue weighted by molar-refractivity contribution is 0.707. The van der Waals surface area contributed by atoms with Gasteiger partial charge in [-0.2, -0.15) is 5.10 Å². The van der Waals surface area contributed by atoms with E-state index in [2.05, 4.69) is 47.7 Å². The van der Waals surface area contributed by atoms with Crippen LogP contribution in [0.2, 0.25) is 0 Å². The number of aromatic nitrogens is 2. The van der Waals surface area contributed by atoms with Crippen LogP contribution in [0.5, 0.6) is 0 Å². The van der Waals surface area contributed by atoms with Gasteiger partial charge in [0.1, 0.15) is 0 Å². The number of rotatable bonds is 6. The van der Waals surface area contributed by atoms with E-state index in [4.69, 9.17) is 11.6 Å². The standard InChI is InChI=1S/C15H20ClN3/c1-3-13-10-15(19(2)18-13)11-17-14-6-4-12(5-7-14)8-9-16/h4-7,10,17H,3,8-9,11H2,1-2H3. The Morgan fingerprint density at radius 1 is 1.26 bits per heavy atom. The molecule has 2 rings (SSSR count). The number of hydrogen-bond acceptors (Lipinski definition) is 2. The lowest BCUT2D eigenvalue weighted by atomic mass is 10.1. The Morgan fingerprint density at radius 3 is 2.58 bits per heavy atom. The van der Waals surface area contributed by atoms with Crippen LogP contribution in [0.4, 0.5) is 5.69 Å². The van der Waals surface area contributed by atoms with Gasteiger partial charge in [0.05, 0.1) is 17.9 Å². The maximum absolute atomic E-state index is 5.73. The molecule has 0 bridgehead atoms. The first-order valence-corrected chi connectivity index (χ1v) is 7.17. The molecule has 0 saturated carbocycles. The second-order valence-corrected chi connectivity index (χ2v) is 4.97. The first-order chi connectivity index (χ1) is 9.22. The summed E-state index contributed by atoms with van der Waals surface area (Å²) in [5.74, 6) is 0.668. The summed E-state index contributed by atoms with van der Waals surface area (Å²) < 4.78 is 1.94. The molecule has 2 aromatic rings.